The number of nitrogens with two attached hydrogens (primary N) is 2. The van der Waals surface area contributed by atoms with Crippen LogP contribution in [0.15, 0.2) is 30.3 Å². The van der Waals surface area contributed by atoms with Gasteiger partial charge < -0.3 is 32.5 Å². The Kier molecular flexibility index (Phi) is 11.6. The lowest BCUT2D eigenvalue weighted by molar-refractivity contribution is -0.142. The van der Waals surface area contributed by atoms with E-state index in [-0.39, 0.29) is 18.8 Å². The van der Waals surface area contributed by atoms with Gasteiger partial charge in [0.2, 0.25) is 23.6 Å². The van der Waals surface area contributed by atoms with Crippen LogP contribution in [0.4, 0.5) is 0 Å². The van der Waals surface area contributed by atoms with Crippen molar-refractivity contribution in [3.63, 3.8) is 0 Å². The van der Waals surface area contributed by atoms with E-state index in [1.807, 2.05) is 37.3 Å². The summed E-state index contributed by atoms with van der Waals surface area (Å²) in [6.45, 7) is 3.12. The summed E-state index contributed by atoms with van der Waals surface area (Å²) in [6, 6.07) is 6.11. The Balaban J connectivity index is 2.67. The second kappa shape index (κ2) is 13.8. The Labute approximate surface area is 192 Å². The van der Waals surface area contributed by atoms with Gasteiger partial charge in [-0.25, -0.2) is 4.79 Å². The van der Waals surface area contributed by atoms with Gasteiger partial charge in [-0.3, -0.25) is 19.2 Å². The van der Waals surface area contributed by atoms with Gasteiger partial charge in [0.1, 0.15) is 12.1 Å². The summed E-state index contributed by atoms with van der Waals surface area (Å²) in [7, 11) is 0. The zero-order valence-corrected chi connectivity index (χ0v) is 18.9. The first kappa shape index (κ1) is 27.6. The first-order valence-electron chi connectivity index (χ1n) is 10.7. The highest BCUT2D eigenvalue weighted by Crippen LogP contribution is 2.09. The van der Waals surface area contributed by atoms with Crippen molar-refractivity contribution in [3.8, 4) is 0 Å². The molecule has 8 N–H and O–H groups in total. The lowest BCUT2D eigenvalue weighted by atomic mass is 9.97. The number of hydrogen-bond acceptors (Lipinski definition) is 6. The molecular formula is C22H33N5O6. The van der Waals surface area contributed by atoms with Crippen molar-refractivity contribution < 1.29 is 29.1 Å². The average molecular weight is 464 g/mol. The first-order valence-corrected chi connectivity index (χ1v) is 10.7. The van der Waals surface area contributed by atoms with Gasteiger partial charge in [-0.15, -0.1) is 0 Å². The maximum absolute atomic E-state index is 12.7. The topological polar surface area (TPSA) is 194 Å². The quantitative estimate of drug-likeness (QED) is 0.204. The lowest BCUT2D eigenvalue weighted by Gasteiger charge is -2.25. The van der Waals surface area contributed by atoms with Gasteiger partial charge in [-0.05, 0) is 24.3 Å². The highest BCUT2D eigenvalue weighted by Gasteiger charge is 2.28. The van der Waals surface area contributed by atoms with E-state index in [4.69, 9.17) is 16.6 Å². The van der Waals surface area contributed by atoms with Crippen LogP contribution in [-0.4, -0.2) is 59.4 Å². The summed E-state index contributed by atoms with van der Waals surface area (Å²) in [6.07, 6.45) is 0.489. The molecule has 0 saturated carbocycles. The molecule has 33 heavy (non-hydrogen) atoms. The summed E-state index contributed by atoms with van der Waals surface area (Å²) >= 11 is 0. The molecule has 0 saturated heterocycles. The predicted octanol–water partition coefficient (Wildman–Crippen LogP) is -0.962. The van der Waals surface area contributed by atoms with E-state index < -0.39 is 54.3 Å². The molecule has 182 valence electrons. The van der Waals surface area contributed by atoms with Crippen LogP contribution in [-0.2, 0) is 30.4 Å². The van der Waals surface area contributed by atoms with Crippen LogP contribution in [0.1, 0.15) is 38.7 Å². The summed E-state index contributed by atoms with van der Waals surface area (Å²) in [4.78, 5) is 59.4. The van der Waals surface area contributed by atoms with Crippen molar-refractivity contribution in [1.29, 1.82) is 0 Å². The number of carbonyl (C=O) groups excluding carboxylic acids is 4. The van der Waals surface area contributed by atoms with Crippen LogP contribution in [0, 0.1) is 5.92 Å². The van der Waals surface area contributed by atoms with E-state index in [2.05, 4.69) is 16.0 Å². The predicted molar refractivity (Wildman–Crippen MR) is 121 cm³/mol. The van der Waals surface area contributed by atoms with E-state index >= 15 is 0 Å². The number of carboxylic acid groups (broad SMARTS) is 1. The second-order valence-electron chi connectivity index (χ2n) is 7.85. The molecule has 0 fully saturated rings. The van der Waals surface area contributed by atoms with E-state index in [1.54, 1.807) is 6.92 Å². The normalized spacial score (nSPS) is 14.3. The molecule has 0 spiro atoms. The highest BCUT2D eigenvalue weighted by molar-refractivity contribution is 5.92. The van der Waals surface area contributed by atoms with Gasteiger partial charge in [0.15, 0.2) is 0 Å². The molecule has 0 aromatic heterocycles. The molecule has 0 bridgehead atoms. The number of carboxylic acids is 1. The van der Waals surface area contributed by atoms with Crippen LogP contribution in [0.25, 0.3) is 0 Å². The van der Waals surface area contributed by atoms with E-state index in [1.165, 1.54) is 0 Å². The summed E-state index contributed by atoms with van der Waals surface area (Å²) in [5.41, 5.74) is 11.9. The SMILES string of the molecule is CCC(C)C(NC(=O)C(N)Cc1ccccc1)C(=O)NCC(=O)NC(CCC(N)=O)C(=O)O. The number of hydrogen-bond donors (Lipinski definition) is 6. The maximum Gasteiger partial charge on any atom is 0.326 e. The third-order valence-corrected chi connectivity index (χ3v) is 5.16. The zero-order chi connectivity index (χ0) is 25.0. The molecule has 0 radical (unpaired) electrons. The third-order valence-electron chi connectivity index (χ3n) is 5.16. The molecule has 4 unspecified atom stereocenters. The van der Waals surface area contributed by atoms with Gasteiger partial charge in [0, 0.05) is 6.42 Å². The average Bonchev–Trinajstić information content (AvgIpc) is 2.78. The smallest absolute Gasteiger partial charge is 0.326 e. The number of nitrogens with one attached hydrogen (secondary N) is 3. The molecular weight excluding hydrogens is 430 g/mol. The molecule has 1 aromatic carbocycles. The summed E-state index contributed by atoms with van der Waals surface area (Å²) in [5.74, 6) is -4.11. The van der Waals surface area contributed by atoms with Crippen molar-refractivity contribution in [2.75, 3.05) is 6.54 Å². The summed E-state index contributed by atoms with van der Waals surface area (Å²) in [5, 5.41) is 16.4. The van der Waals surface area contributed by atoms with Crippen LogP contribution in [0.5, 0.6) is 0 Å². The summed E-state index contributed by atoms with van der Waals surface area (Å²) < 4.78 is 0. The highest BCUT2D eigenvalue weighted by atomic mass is 16.4. The Hall–Kier alpha value is -3.47. The number of carbonyl (C=O) groups is 5. The van der Waals surface area contributed by atoms with E-state index in [0.717, 1.165) is 5.56 Å². The van der Waals surface area contributed by atoms with E-state index in [0.29, 0.717) is 12.8 Å². The standard InChI is InChI=1S/C22H33N5O6/c1-3-13(2)19(27-20(30)15(23)11-14-7-5-4-6-8-14)21(31)25-12-18(29)26-16(22(32)33)9-10-17(24)28/h4-8,13,15-16,19H,3,9-12,23H2,1-2H3,(H2,24,28)(H,25,31)(H,26,29)(H,27,30)(H,32,33). The van der Waals surface area contributed by atoms with Crippen LogP contribution >= 0.6 is 0 Å². The Morgan fingerprint density at radius 3 is 2.21 bits per heavy atom. The van der Waals surface area contributed by atoms with Gasteiger partial charge in [-0.1, -0.05) is 50.6 Å². The largest absolute Gasteiger partial charge is 0.480 e. The number of primary amides is 1. The minimum absolute atomic E-state index is 0.171. The number of amides is 4. The Bertz CT molecular complexity index is 832. The minimum Gasteiger partial charge on any atom is -0.480 e. The Morgan fingerprint density at radius 2 is 1.67 bits per heavy atom. The fourth-order valence-corrected chi connectivity index (χ4v) is 2.99. The molecule has 1 rings (SSSR count). The molecule has 4 atom stereocenters. The third kappa shape index (κ3) is 10.1. The van der Waals surface area contributed by atoms with E-state index in [9.17, 15) is 24.0 Å². The minimum atomic E-state index is -1.33. The fraction of sp³-hybridized carbons (Fsp3) is 0.500. The molecule has 4 amide bonds. The second-order valence-corrected chi connectivity index (χ2v) is 7.85. The molecule has 0 aliphatic carbocycles. The van der Waals surface area contributed by atoms with Crippen molar-refractivity contribution in [1.82, 2.24) is 16.0 Å². The molecule has 1 aromatic rings. The van der Waals surface area contributed by atoms with Crippen molar-refractivity contribution in [3.05, 3.63) is 35.9 Å². The van der Waals surface area contributed by atoms with Crippen LogP contribution < -0.4 is 27.4 Å². The lowest BCUT2D eigenvalue weighted by Crippen LogP contribution is -2.56. The monoisotopic (exact) mass is 463 g/mol. The molecule has 0 heterocycles. The Morgan fingerprint density at radius 1 is 1.03 bits per heavy atom. The van der Waals surface area contributed by atoms with Crippen molar-refractivity contribution in [2.45, 2.75) is 57.7 Å². The van der Waals surface area contributed by atoms with Gasteiger partial charge in [-0.2, -0.15) is 0 Å². The molecule has 11 nitrogen and oxygen atoms in total. The number of aliphatic carboxylic acids is 1. The molecule has 11 heteroatoms. The molecule has 0 aliphatic rings. The van der Waals surface area contributed by atoms with Crippen LogP contribution in [0.3, 0.4) is 0 Å². The van der Waals surface area contributed by atoms with Crippen molar-refractivity contribution >= 4 is 29.6 Å². The van der Waals surface area contributed by atoms with Gasteiger partial charge in [0.05, 0.1) is 12.6 Å². The van der Waals surface area contributed by atoms with Gasteiger partial charge in [0.25, 0.3) is 0 Å². The van der Waals surface area contributed by atoms with Crippen molar-refractivity contribution in [2.24, 2.45) is 17.4 Å². The number of benzene rings is 1. The maximum atomic E-state index is 12.7. The van der Waals surface area contributed by atoms with Gasteiger partial charge >= 0.3 is 5.97 Å². The first-order chi connectivity index (χ1) is 15.5. The number of rotatable bonds is 14. The molecule has 0 aliphatic heterocycles. The fourth-order valence-electron chi connectivity index (χ4n) is 2.99. The van der Waals surface area contributed by atoms with Crippen LogP contribution in [0.2, 0.25) is 0 Å². The zero-order valence-electron chi connectivity index (χ0n) is 18.9.